The van der Waals surface area contributed by atoms with Crippen molar-refractivity contribution in [3.8, 4) is 0 Å². The smallest absolute Gasteiger partial charge is 0.325 e. The van der Waals surface area contributed by atoms with Crippen LogP contribution in [-0.2, 0) is 19.0 Å². The highest BCUT2D eigenvalue weighted by atomic mass is 16.5. The number of nitrogens with two attached hydrogens (primary N) is 1. The molecule has 0 aromatic heterocycles. The van der Waals surface area contributed by atoms with Crippen molar-refractivity contribution in [3.63, 3.8) is 0 Å². The average molecular weight is 261 g/mol. The fourth-order valence-corrected chi connectivity index (χ4v) is 1.59. The molecule has 0 bridgehead atoms. The van der Waals surface area contributed by atoms with E-state index >= 15 is 0 Å². The Morgan fingerprint density at radius 2 is 1.94 bits per heavy atom. The molecule has 0 radical (unpaired) electrons. The van der Waals surface area contributed by atoms with Gasteiger partial charge in [-0.15, -0.1) is 0 Å². The molecule has 0 amide bonds. The molecule has 0 heterocycles. The number of carbonyl (C=O) groups is 1. The Hall–Kier alpha value is -0.650. The predicted octanol–water partition coefficient (Wildman–Crippen LogP) is 1.49. The standard InChI is InChI=1S/C13H27NO4/c1-5-7-16-8-9-18-11(3)10-13(4,14)12(15)17-6-2/h11H,5-10,14H2,1-4H3. The van der Waals surface area contributed by atoms with Crippen molar-refractivity contribution in [2.75, 3.05) is 26.4 Å². The first-order valence-corrected chi connectivity index (χ1v) is 6.59. The lowest BCUT2D eigenvalue weighted by atomic mass is 9.96. The summed E-state index contributed by atoms with van der Waals surface area (Å²) < 4.78 is 15.8. The minimum atomic E-state index is -1.00. The maximum absolute atomic E-state index is 11.6. The molecule has 0 aromatic carbocycles. The van der Waals surface area contributed by atoms with Gasteiger partial charge in [0.1, 0.15) is 5.54 Å². The molecule has 2 atom stereocenters. The Balaban J connectivity index is 3.84. The molecule has 2 N–H and O–H groups in total. The molecule has 0 aromatic rings. The maximum Gasteiger partial charge on any atom is 0.325 e. The minimum absolute atomic E-state index is 0.102. The first-order valence-electron chi connectivity index (χ1n) is 6.59. The summed E-state index contributed by atoms with van der Waals surface area (Å²) in [6.07, 6.45) is 1.33. The van der Waals surface area contributed by atoms with E-state index in [1.165, 1.54) is 0 Å². The van der Waals surface area contributed by atoms with Crippen LogP contribution in [-0.4, -0.2) is 44.0 Å². The molecule has 0 fully saturated rings. The molecule has 5 nitrogen and oxygen atoms in total. The summed E-state index contributed by atoms with van der Waals surface area (Å²) in [5.74, 6) is -0.386. The van der Waals surface area contributed by atoms with Gasteiger partial charge in [-0.2, -0.15) is 0 Å². The summed E-state index contributed by atoms with van der Waals surface area (Å²) in [6, 6.07) is 0. The molecule has 0 aliphatic heterocycles. The Labute approximate surface area is 110 Å². The second-order valence-electron chi connectivity index (χ2n) is 4.64. The van der Waals surface area contributed by atoms with Gasteiger partial charge in [-0.05, 0) is 27.2 Å². The molecule has 0 rings (SSSR count). The molecule has 5 heteroatoms. The van der Waals surface area contributed by atoms with E-state index in [9.17, 15) is 4.79 Å². The molecule has 0 saturated heterocycles. The van der Waals surface area contributed by atoms with Crippen molar-refractivity contribution < 1.29 is 19.0 Å². The molecule has 108 valence electrons. The van der Waals surface area contributed by atoms with Crippen LogP contribution in [0.2, 0.25) is 0 Å². The van der Waals surface area contributed by atoms with Crippen LogP contribution in [0.3, 0.4) is 0 Å². The normalized spacial score (nSPS) is 16.1. The largest absolute Gasteiger partial charge is 0.465 e. The first-order chi connectivity index (χ1) is 8.44. The summed E-state index contributed by atoms with van der Waals surface area (Å²) in [5, 5.41) is 0. The Morgan fingerprint density at radius 3 is 2.50 bits per heavy atom. The van der Waals surface area contributed by atoms with Gasteiger partial charge in [0.15, 0.2) is 0 Å². The zero-order chi connectivity index (χ0) is 14.0. The Bertz CT molecular complexity index is 231. The number of esters is 1. The zero-order valence-corrected chi connectivity index (χ0v) is 12.0. The van der Waals surface area contributed by atoms with Gasteiger partial charge in [0.05, 0.1) is 25.9 Å². The molecule has 0 aliphatic carbocycles. The van der Waals surface area contributed by atoms with E-state index in [1.807, 2.05) is 6.92 Å². The van der Waals surface area contributed by atoms with Gasteiger partial charge in [0.2, 0.25) is 0 Å². The van der Waals surface area contributed by atoms with Crippen LogP contribution in [0.25, 0.3) is 0 Å². The average Bonchev–Trinajstić information content (AvgIpc) is 2.28. The molecule has 0 aliphatic rings. The van der Waals surface area contributed by atoms with Crippen molar-refractivity contribution in [1.82, 2.24) is 0 Å². The molecule has 18 heavy (non-hydrogen) atoms. The quantitative estimate of drug-likeness (QED) is 0.476. The third-order valence-electron chi connectivity index (χ3n) is 2.43. The summed E-state index contributed by atoms with van der Waals surface area (Å²) in [5.41, 5.74) is 4.91. The van der Waals surface area contributed by atoms with Crippen LogP contribution in [0.1, 0.15) is 40.5 Å². The van der Waals surface area contributed by atoms with Crippen molar-refractivity contribution in [3.05, 3.63) is 0 Å². The SMILES string of the molecule is CCCOCCOC(C)CC(C)(N)C(=O)OCC. The summed E-state index contributed by atoms with van der Waals surface area (Å²) in [7, 11) is 0. The van der Waals surface area contributed by atoms with Gasteiger partial charge in [-0.25, -0.2) is 0 Å². The lowest BCUT2D eigenvalue weighted by molar-refractivity contribution is -0.150. The summed E-state index contributed by atoms with van der Waals surface area (Å²) in [6.45, 7) is 9.55. The molecule has 2 unspecified atom stereocenters. The van der Waals surface area contributed by atoms with Gasteiger partial charge < -0.3 is 19.9 Å². The maximum atomic E-state index is 11.6. The lowest BCUT2D eigenvalue weighted by Crippen LogP contribution is -2.48. The fourth-order valence-electron chi connectivity index (χ4n) is 1.59. The second kappa shape index (κ2) is 9.30. The van der Waals surface area contributed by atoms with Gasteiger partial charge in [0.25, 0.3) is 0 Å². The van der Waals surface area contributed by atoms with E-state index in [-0.39, 0.29) is 12.1 Å². The van der Waals surface area contributed by atoms with Crippen molar-refractivity contribution in [2.45, 2.75) is 52.2 Å². The predicted molar refractivity (Wildman–Crippen MR) is 70.4 cm³/mol. The first kappa shape index (κ1) is 17.4. The number of ether oxygens (including phenoxy) is 3. The third kappa shape index (κ3) is 7.63. The van der Waals surface area contributed by atoms with E-state index in [4.69, 9.17) is 19.9 Å². The highest BCUT2D eigenvalue weighted by Gasteiger charge is 2.32. The molecule has 0 spiro atoms. The van der Waals surface area contributed by atoms with Crippen molar-refractivity contribution in [2.24, 2.45) is 5.73 Å². The minimum Gasteiger partial charge on any atom is -0.465 e. The molecular weight excluding hydrogens is 234 g/mol. The van der Waals surface area contributed by atoms with Crippen LogP contribution < -0.4 is 5.73 Å². The lowest BCUT2D eigenvalue weighted by Gasteiger charge is -2.25. The van der Waals surface area contributed by atoms with Crippen LogP contribution in [0, 0.1) is 0 Å². The number of carbonyl (C=O) groups excluding carboxylic acids is 1. The summed E-state index contributed by atoms with van der Waals surface area (Å²) >= 11 is 0. The van der Waals surface area contributed by atoms with Gasteiger partial charge in [0, 0.05) is 13.0 Å². The van der Waals surface area contributed by atoms with Crippen molar-refractivity contribution in [1.29, 1.82) is 0 Å². The van der Waals surface area contributed by atoms with E-state index in [0.717, 1.165) is 13.0 Å². The fraction of sp³-hybridized carbons (Fsp3) is 0.923. The van der Waals surface area contributed by atoms with Crippen LogP contribution >= 0.6 is 0 Å². The second-order valence-corrected chi connectivity index (χ2v) is 4.64. The Kier molecular flexibility index (Phi) is 8.97. The zero-order valence-electron chi connectivity index (χ0n) is 12.0. The topological polar surface area (TPSA) is 70.8 Å². The third-order valence-corrected chi connectivity index (χ3v) is 2.43. The number of hydrogen-bond donors (Lipinski definition) is 1. The van der Waals surface area contributed by atoms with E-state index in [0.29, 0.717) is 26.2 Å². The molecular formula is C13H27NO4. The van der Waals surface area contributed by atoms with E-state index < -0.39 is 5.54 Å². The van der Waals surface area contributed by atoms with Crippen molar-refractivity contribution >= 4 is 5.97 Å². The van der Waals surface area contributed by atoms with Crippen LogP contribution in [0.4, 0.5) is 0 Å². The van der Waals surface area contributed by atoms with Crippen LogP contribution in [0.5, 0.6) is 0 Å². The van der Waals surface area contributed by atoms with E-state index in [1.54, 1.807) is 13.8 Å². The van der Waals surface area contributed by atoms with Gasteiger partial charge in [-0.1, -0.05) is 6.92 Å². The van der Waals surface area contributed by atoms with Gasteiger partial charge >= 0.3 is 5.97 Å². The monoisotopic (exact) mass is 261 g/mol. The Morgan fingerprint density at radius 1 is 1.28 bits per heavy atom. The van der Waals surface area contributed by atoms with E-state index in [2.05, 4.69) is 6.92 Å². The number of hydrogen-bond acceptors (Lipinski definition) is 5. The summed E-state index contributed by atoms with van der Waals surface area (Å²) in [4.78, 5) is 11.6. The van der Waals surface area contributed by atoms with Crippen LogP contribution in [0.15, 0.2) is 0 Å². The number of rotatable bonds is 10. The highest BCUT2D eigenvalue weighted by molar-refractivity contribution is 5.80. The highest BCUT2D eigenvalue weighted by Crippen LogP contribution is 2.13. The van der Waals surface area contributed by atoms with Gasteiger partial charge in [-0.3, -0.25) is 4.79 Å². The molecule has 0 saturated carbocycles.